The highest BCUT2D eigenvalue weighted by Crippen LogP contribution is 2.25. The first-order valence-electron chi connectivity index (χ1n) is 9.37. The third-order valence-electron chi connectivity index (χ3n) is 4.58. The third-order valence-corrected chi connectivity index (χ3v) is 4.58. The second-order valence-corrected chi connectivity index (χ2v) is 6.93. The number of para-hydroxylation sites is 1. The zero-order valence-corrected chi connectivity index (χ0v) is 16.1. The van der Waals surface area contributed by atoms with Crippen molar-refractivity contribution in [1.82, 2.24) is 9.97 Å². The molecule has 2 rings (SSSR count). The van der Waals surface area contributed by atoms with Gasteiger partial charge in [0.1, 0.15) is 6.33 Å². The second kappa shape index (κ2) is 10.0. The van der Waals surface area contributed by atoms with Gasteiger partial charge in [-0.2, -0.15) is 0 Å². The summed E-state index contributed by atoms with van der Waals surface area (Å²) in [6.45, 7) is 6.56. The Labute approximate surface area is 156 Å². The molecule has 1 unspecified atom stereocenters. The van der Waals surface area contributed by atoms with Crippen LogP contribution in [0, 0.1) is 13.8 Å². The van der Waals surface area contributed by atoms with Crippen LogP contribution in [-0.4, -0.2) is 28.5 Å². The molecule has 2 N–H and O–H groups in total. The van der Waals surface area contributed by atoms with E-state index < -0.39 is 6.04 Å². The molecule has 1 amide bonds. The van der Waals surface area contributed by atoms with Gasteiger partial charge in [-0.1, -0.05) is 31.0 Å². The van der Waals surface area contributed by atoms with Gasteiger partial charge in [-0.05, 0) is 56.7 Å². The van der Waals surface area contributed by atoms with Crippen molar-refractivity contribution in [1.29, 1.82) is 0 Å². The van der Waals surface area contributed by atoms with Crippen molar-refractivity contribution >= 4 is 11.6 Å². The highest BCUT2D eigenvalue weighted by Gasteiger charge is 2.21. The van der Waals surface area contributed by atoms with Crippen LogP contribution in [0.1, 0.15) is 49.3 Å². The average molecular weight is 354 g/mol. The molecule has 0 bridgehead atoms. The van der Waals surface area contributed by atoms with E-state index in [9.17, 15) is 4.79 Å². The molecule has 1 aromatic heterocycles. The Morgan fingerprint density at radius 3 is 2.31 bits per heavy atom. The fourth-order valence-corrected chi connectivity index (χ4v) is 3.22. The first-order chi connectivity index (χ1) is 12.5. The van der Waals surface area contributed by atoms with Crippen molar-refractivity contribution in [3.8, 4) is 0 Å². The number of amides is 1. The van der Waals surface area contributed by atoms with Crippen molar-refractivity contribution < 1.29 is 4.79 Å². The van der Waals surface area contributed by atoms with E-state index in [1.54, 1.807) is 13.3 Å². The summed E-state index contributed by atoms with van der Waals surface area (Å²) in [5.74, 6) is -0.0103. The molecular weight excluding hydrogens is 324 g/mol. The van der Waals surface area contributed by atoms with E-state index in [2.05, 4.69) is 9.97 Å². The molecule has 0 saturated heterocycles. The van der Waals surface area contributed by atoms with E-state index in [0.29, 0.717) is 6.54 Å². The maximum atomic E-state index is 12.6. The Kier molecular flexibility index (Phi) is 7.73. The number of anilines is 1. The molecule has 1 heterocycles. The molecule has 0 spiro atoms. The average Bonchev–Trinajstić information content (AvgIpc) is 2.63. The number of carbonyl (C=O) groups is 1. The molecular formula is C21H30N4O. The summed E-state index contributed by atoms with van der Waals surface area (Å²) in [5.41, 5.74) is 10.3. The van der Waals surface area contributed by atoms with E-state index in [1.165, 1.54) is 5.56 Å². The smallest absolute Gasteiger partial charge is 0.243 e. The van der Waals surface area contributed by atoms with Crippen LogP contribution in [0.3, 0.4) is 0 Å². The van der Waals surface area contributed by atoms with E-state index in [4.69, 9.17) is 5.73 Å². The molecule has 0 aliphatic rings. The lowest BCUT2D eigenvalue weighted by molar-refractivity contribution is -0.119. The normalized spacial score (nSPS) is 12.0. The molecule has 26 heavy (non-hydrogen) atoms. The van der Waals surface area contributed by atoms with Gasteiger partial charge in [0.15, 0.2) is 0 Å². The lowest BCUT2D eigenvalue weighted by Crippen LogP contribution is -2.43. The molecule has 0 radical (unpaired) electrons. The van der Waals surface area contributed by atoms with Crippen LogP contribution < -0.4 is 10.6 Å². The van der Waals surface area contributed by atoms with Crippen LogP contribution >= 0.6 is 0 Å². The number of hydrogen-bond acceptors (Lipinski definition) is 4. The fraction of sp³-hybridized carbons (Fsp3) is 0.476. The molecule has 5 nitrogen and oxygen atoms in total. The Bertz CT molecular complexity index is 680. The summed E-state index contributed by atoms with van der Waals surface area (Å²) in [6.07, 6.45) is 10.6. The number of aryl methyl sites for hydroxylation is 3. The Morgan fingerprint density at radius 2 is 1.69 bits per heavy atom. The number of hydrogen-bond donors (Lipinski definition) is 1. The monoisotopic (exact) mass is 354 g/mol. The summed E-state index contributed by atoms with van der Waals surface area (Å²) in [6, 6.07) is 5.63. The summed E-state index contributed by atoms with van der Waals surface area (Å²) in [5, 5.41) is 0. The maximum absolute atomic E-state index is 12.6. The number of rotatable bonds is 9. The molecule has 140 valence electrons. The minimum atomic E-state index is -0.493. The number of aromatic nitrogens is 2. The largest absolute Gasteiger partial charge is 0.320 e. The Morgan fingerprint density at radius 1 is 1.08 bits per heavy atom. The maximum Gasteiger partial charge on any atom is 0.243 e. The molecule has 0 fully saturated rings. The fourth-order valence-electron chi connectivity index (χ4n) is 3.22. The summed E-state index contributed by atoms with van der Waals surface area (Å²) in [4.78, 5) is 22.6. The van der Waals surface area contributed by atoms with Gasteiger partial charge in [-0.3, -0.25) is 4.79 Å². The van der Waals surface area contributed by atoms with Gasteiger partial charge in [0.05, 0.1) is 6.04 Å². The predicted octanol–water partition coefficient (Wildman–Crippen LogP) is 3.58. The minimum absolute atomic E-state index is 0.0103. The van der Waals surface area contributed by atoms with Crippen LogP contribution in [0.2, 0.25) is 0 Å². The quantitative estimate of drug-likeness (QED) is 0.699. The second-order valence-electron chi connectivity index (χ2n) is 6.93. The standard InChI is InChI=1S/C21H30N4O/c1-16-9-8-10-17(2)20(16)25(21(26)18(3)22)12-7-5-4-6-11-19-13-23-15-24-14-19/h8-10,13-15,18H,4-7,11-12,22H2,1-3H3. The van der Waals surface area contributed by atoms with Crippen molar-refractivity contribution in [2.75, 3.05) is 11.4 Å². The summed E-state index contributed by atoms with van der Waals surface area (Å²) < 4.78 is 0. The molecule has 0 aliphatic heterocycles. The number of carbonyl (C=O) groups excluding carboxylic acids is 1. The van der Waals surface area contributed by atoms with Crippen LogP contribution in [-0.2, 0) is 11.2 Å². The first-order valence-corrected chi connectivity index (χ1v) is 9.37. The molecule has 5 heteroatoms. The third kappa shape index (κ3) is 5.63. The van der Waals surface area contributed by atoms with Gasteiger partial charge in [0.25, 0.3) is 0 Å². The topological polar surface area (TPSA) is 72.1 Å². The van der Waals surface area contributed by atoms with Gasteiger partial charge in [0, 0.05) is 24.6 Å². The molecule has 0 saturated carbocycles. The van der Waals surface area contributed by atoms with Gasteiger partial charge in [0.2, 0.25) is 5.91 Å². The van der Waals surface area contributed by atoms with Gasteiger partial charge in [-0.15, -0.1) is 0 Å². The Balaban J connectivity index is 1.88. The Hall–Kier alpha value is -2.27. The minimum Gasteiger partial charge on any atom is -0.320 e. The zero-order chi connectivity index (χ0) is 18.9. The highest BCUT2D eigenvalue weighted by molar-refractivity contribution is 5.98. The number of nitrogens with two attached hydrogens (primary N) is 1. The van der Waals surface area contributed by atoms with E-state index in [-0.39, 0.29) is 5.91 Å². The van der Waals surface area contributed by atoms with Gasteiger partial charge in [-0.25, -0.2) is 9.97 Å². The molecule has 1 atom stereocenters. The molecule has 0 aliphatic carbocycles. The lowest BCUT2D eigenvalue weighted by Gasteiger charge is -2.28. The number of benzene rings is 1. The summed E-state index contributed by atoms with van der Waals surface area (Å²) in [7, 11) is 0. The van der Waals surface area contributed by atoms with Crippen molar-refractivity contribution in [2.45, 2.75) is 58.9 Å². The van der Waals surface area contributed by atoms with Crippen molar-refractivity contribution in [2.24, 2.45) is 5.73 Å². The van der Waals surface area contributed by atoms with Crippen molar-refractivity contribution in [3.63, 3.8) is 0 Å². The predicted molar refractivity (Wildman–Crippen MR) is 106 cm³/mol. The molecule has 1 aromatic carbocycles. The molecule has 2 aromatic rings. The van der Waals surface area contributed by atoms with Gasteiger partial charge >= 0.3 is 0 Å². The van der Waals surface area contributed by atoms with Crippen LogP contribution in [0.15, 0.2) is 36.9 Å². The van der Waals surface area contributed by atoms with Crippen LogP contribution in [0.25, 0.3) is 0 Å². The van der Waals surface area contributed by atoms with Crippen LogP contribution in [0.4, 0.5) is 5.69 Å². The lowest BCUT2D eigenvalue weighted by atomic mass is 10.1. The van der Waals surface area contributed by atoms with Crippen LogP contribution in [0.5, 0.6) is 0 Å². The van der Waals surface area contributed by atoms with Gasteiger partial charge < -0.3 is 10.6 Å². The highest BCUT2D eigenvalue weighted by atomic mass is 16.2. The van der Waals surface area contributed by atoms with E-state index >= 15 is 0 Å². The van der Waals surface area contributed by atoms with Crippen molar-refractivity contribution in [3.05, 3.63) is 53.6 Å². The zero-order valence-electron chi connectivity index (χ0n) is 16.1. The van der Waals surface area contributed by atoms with E-state index in [1.807, 2.05) is 49.3 Å². The number of nitrogens with zero attached hydrogens (tertiary/aromatic N) is 3. The van der Waals surface area contributed by atoms with E-state index in [0.717, 1.165) is 48.9 Å². The number of unbranched alkanes of at least 4 members (excludes halogenated alkanes) is 3. The first kappa shape index (κ1) is 20.0. The summed E-state index contributed by atoms with van der Waals surface area (Å²) >= 11 is 0. The SMILES string of the molecule is Cc1cccc(C)c1N(CCCCCCc1cncnc1)C(=O)C(C)N.